The maximum atomic E-state index is 12.5. The molecule has 2 amide bonds. The third-order valence-corrected chi connectivity index (χ3v) is 6.67. The van der Waals surface area contributed by atoms with Crippen LogP contribution < -0.4 is 5.32 Å². The van der Waals surface area contributed by atoms with E-state index in [-0.39, 0.29) is 23.1 Å². The quantitative estimate of drug-likeness (QED) is 0.390. The van der Waals surface area contributed by atoms with Gasteiger partial charge in [0.2, 0.25) is 9.70 Å². The number of alkyl halides is 3. The largest absolute Gasteiger partial charge is 0.456 e. The van der Waals surface area contributed by atoms with Crippen LogP contribution in [0.4, 0.5) is 0 Å². The van der Waals surface area contributed by atoms with Crippen LogP contribution in [0.1, 0.15) is 4.88 Å². The van der Waals surface area contributed by atoms with Crippen LogP contribution in [0, 0.1) is 0 Å². The molecule has 1 N–H and O–H groups in total. The number of thioether (sulfide) groups is 1. The van der Waals surface area contributed by atoms with Crippen molar-refractivity contribution in [1.29, 1.82) is 0 Å². The normalized spacial score (nSPS) is 22.2. The number of carbonyl (C=O) groups is 3. The van der Waals surface area contributed by atoms with E-state index in [0.29, 0.717) is 5.75 Å². The lowest BCUT2D eigenvalue weighted by molar-refractivity contribution is -0.152. The van der Waals surface area contributed by atoms with Crippen LogP contribution in [-0.2, 0) is 25.5 Å². The van der Waals surface area contributed by atoms with E-state index in [2.05, 4.69) is 5.32 Å². The van der Waals surface area contributed by atoms with Gasteiger partial charge in [-0.05, 0) is 11.4 Å². The SMILES string of the molecule is O=C(Cc1cccs1)N[C@@H]1C(=O)N2C(C(=O)OCC(Cl)(Cl)Cl)=C(Cl)CS[C@@H]12. The van der Waals surface area contributed by atoms with Crippen molar-refractivity contribution in [3.8, 4) is 0 Å². The Hall–Kier alpha value is -0.640. The molecule has 2 atom stereocenters. The second kappa shape index (κ2) is 8.39. The minimum Gasteiger partial charge on any atom is -0.456 e. The molecule has 27 heavy (non-hydrogen) atoms. The van der Waals surface area contributed by atoms with Crippen molar-refractivity contribution >= 4 is 87.3 Å². The number of halogens is 4. The summed E-state index contributed by atoms with van der Waals surface area (Å²) in [6.45, 7) is -0.481. The molecule has 146 valence electrons. The zero-order chi connectivity index (χ0) is 19.8. The molecule has 1 aromatic rings. The number of hydrogen-bond donors (Lipinski definition) is 1. The predicted molar refractivity (Wildman–Crippen MR) is 107 cm³/mol. The van der Waals surface area contributed by atoms with E-state index >= 15 is 0 Å². The van der Waals surface area contributed by atoms with Gasteiger partial charge in [0.15, 0.2) is 0 Å². The first kappa shape index (κ1) is 21.1. The zero-order valence-electron chi connectivity index (χ0n) is 13.4. The summed E-state index contributed by atoms with van der Waals surface area (Å²) in [5, 5.41) is 4.31. The fourth-order valence-electron chi connectivity index (χ4n) is 2.58. The van der Waals surface area contributed by atoms with E-state index in [1.165, 1.54) is 28.0 Å². The number of nitrogens with zero attached hydrogens (tertiary/aromatic N) is 1. The highest BCUT2D eigenvalue weighted by Crippen LogP contribution is 2.42. The van der Waals surface area contributed by atoms with Gasteiger partial charge in [0.1, 0.15) is 23.7 Å². The molecule has 2 aliphatic rings. The standard InChI is InChI=1S/C15H12Cl4N2O4S2/c16-8-5-27-13-10(20-9(22)4-7-2-1-3-26-7)12(23)21(13)11(8)14(24)25-6-15(17,18)19/h1-3,10,13H,4-6H2,(H,20,22)/t10-,13+/m1/s1. The number of amides is 2. The Morgan fingerprint density at radius 1 is 1.37 bits per heavy atom. The zero-order valence-corrected chi connectivity index (χ0v) is 18.1. The highest BCUT2D eigenvalue weighted by Gasteiger charge is 2.54. The molecule has 0 saturated carbocycles. The minimum absolute atomic E-state index is 0.0802. The molecule has 2 aliphatic heterocycles. The second-order valence-corrected chi connectivity index (χ2v) is 10.8. The lowest BCUT2D eigenvalue weighted by atomic mass is 10.0. The number of carbonyl (C=O) groups excluding carboxylic acids is 3. The van der Waals surface area contributed by atoms with Crippen LogP contribution in [0.5, 0.6) is 0 Å². The summed E-state index contributed by atoms with van der Waals surface area (Å²) in [6.07, 6.45) is 0.188. The van der Waals surface area contributed by atoms with E-state index in [9.17, 15) is 14.4 Å². The average molecular weight is 490 g/mol. The number of thiophene rings is 1. The molecule has 1 aromatic heterocycles. The van der Waals surface area contributed by atoms with Gasteiger partial charge in [-0.1, -0.05) is 52.5 Å². The monoisotopic (exact) mass is 488 g/mol. The Morgan fingerprint density at radius 3 is 2.74 bits per heavy atom. The van der Waals surface area contributed by atoms with Gasteiger partial charge in [-0.15, -0.1) is 23.1 Å². The van der Waals surface area contributed by atoms with Crippen molar-refractivity contribution in [3.63, 3.8) is 0 Å². The van der Waals surface area contributed by atoms with E-state index in [4.69, 9.17) is 51.1 Å². The maximum absolute atomic E-state index is 12.5. The number of nitrogens with one attached hydrogen (secondary N) is 1. The Balaban J connectivity index is 1.65. The topological polar surface area (TPSA) is 75.7 Å². The van der Waals surface area contributed by atoms with Gasteiger partial charge < -0.3 is 10.1 Å². The van der Waals surface area contributed by atoms with Gasteiger partial charge in [-0.2, -0.15) is 0 Å². The number of rotatable bonds is 5. The van der Waals surface area contributed by atoms with Crippen molar-refractivity contribution < 1.29 is 19.1 Å². The molecule has 3 heterocycles. The Morgan fingerprint density at radius 2 is 2.11 bits per heavy atom. The molecular weight excluding hydrogens is 478 g/mol. The number of fused-ring (bicyclic) bond motifs is 1. The molecule has 0 bridgehead atoms. The lowest BCUT2D eigenvalue weighted by Gasteiger charge is -2.49. The van der Waals surface area contributed by atoms with Crippen molar-refractivity contribution in [1.82, 2.24) is 10.2 Å². The summed E-state index contributed by atoms with van der Waals surface area (Å²) >= 11 is 25.6. The fourth-order valence-corrected chi connectivity index (χ4v) is 5.00. The lowest BCUT2D eigenvalue weighted by Crippen LogP contribution is -2.70. The van der Waals surface area contributed by atoms with Crippen molar-refractivity contribution in [2.45, 2.75) is 21.6 Å². The Kier molecular flexibility index (Phi) is 6.55. The van der Waals surface area contributed by atoms with Gasteiger partial charge in [0.25, 0.3) is 5.91 Å². The number of esters is 1. The van der Waals surface area contributed by atoms with Crippen LogP contribution in [0.2, 0.25) is 0 Å². The highest BCUT2D eigenvalue weighted by atomic mass is 35.6. The first-order valence-electron chi connectivity index (χ1n) is 7.56. The van der Waals surface area contributed by atoms with E-state index < -0.39 is 33.7 Å². The summed E-state index contributed by atoms with van der Waals surface area (Å²) in [6, 6.07) is 2.96. The minimum atomic E-state index is -1.78. The summed E-state index contributed by atoms with van der Waals surface area (Å²) in [7, 11) is 0. The molecule has 0 aromatic carbocycles. The van der Waals surface area contributed by atoms with Gasteiger partial charge in [-0.3, -0.25) is 14.5 Å². The van der Waals surface area contributed by atoms with Crippen molar-refractivity contribution in [2.24, 2.45) is 0 Å². The molecule has 12 heteroatoms. The summed E-state index contributed by atoms with van der Waals surface area (Å²) < 4.78 is 3.16. The fraction of sp³-hybridized carbons (Fsp3) is 0.400. The average Bonchev–Trinajstić information content (AvgIpc) is 3.09. The van der Waals surface area contributed by atoms with Gasteiger partial charge in [-0.25, -0.2) is 4.79 Å². The van der Waals surface area contributed by atoms with Crippen molar-refractivity contribution in [2.75, 3.05) is 12.4 Å². The number of ether oxygens (including phenoxy) is 1. The third kappa shape index (κ3) is 4.86. The smallest absolute Gasteiger partial charge is 0.356 e. The van der Waals surface area contributed by atoms with E-state index in [1.54, 1.807) is 0 Å². The first-order chi connectivity index (χ1) is 12.7. The number of hydrogen-bond acceptors (Lipinski definition) is 6. The molecule has 3 rings (SSSR count). The Labute approximate surface area is 183 Å². The summed E-state index contributed by atoms with van der Waals surface area (Å²) in [4.78, 5) is 39.1. The van der Waals surface area contributed by atoms with Gasteiger partial charge in [0, 0.05) is 10.6 Å². The molecule has 0 aliphatic carbocycles. The third-order valence-electron chi connectivity index (χ3n) is 3.71. The highest BCUT2D eigenvalue weighted by molar-refractivity contribution is 8.00. The maximum Gasteiger partial charge on any atom is 0.356 e. The second-order valence-electron chi connectivity index (χ2n) is 5.66. The Bertz CT molecular complexity index is 794. The summed E-state index contributed by atoms with van der Waals surface area (Å²) in [5.41, 5.74) is -0.0802. The molecular formula is C15H12Cl4N2O4S2. The molecule has 1 saturated heterocycles. The van der Waals surface area contributed by atoms with Gasteiger partial charge in [0.05, 0.1) is 11.5 Å². The van der Waals surface area contributed by atoms with Crippen LogP contribution in [0.25, 0.3) is 0 Å². The van der Waals surface area contributed by atoms with Crippen LogP contribution in [0.15, 0.2) is 28.2 Å². The molecule has 6 nitrogen and oxygen atoms in total. The predicted octanol–water partition coefficient (Wildman–Crippen LogP) is 3.05. The number of β-lactam (4-membered cyclic amide) rings is 1. The first-order valence-corrected chi connectivity index (χ1v) is 11.0. The summed E-state index contributed by atoms with van der Waals surface area (Å²) in [5.74, 6) is -1.26. The van der Waals surface area contributed by atoms with E-state index in [0.717, 1.165) is 4.88 Å². The van der Waals surface area contributed by atoms with Crippen molar-refractivity contribution in [3.05, 3.63) is 33.1 Å². The van der Waals surface area contributed by atoms with Crippen LogP contribution in [-0.4, -0.2) is 50.3 Å². The molecule has 0 unspecified atom stereocenters. The molecule has 1 fully saturated rings. The van der Waals surface area contributed by atoms with Crippen LogP contribution in [0.3, 0.4) is 0 Å². The molecule has 0 spiro atoms. The van der Waals surface area contributed by atoms with Gasteiger partial charge >= 0.3 is 5.97 Å². The molecule has 0 radical (unpaired) electrons. The van der Waals surface area contributed by atoms with E-state index in [1.807, 2.05) is 17.5 Å². The van der Waals surface area contributed by atoms with Crippen LogP contribution >= 0.6 is 69.5 Å².